The van der Waals surface area contributed by atoms with Crippen LogP contribution in [0.2, 0.25) is 0 Å². The number of hydrogen-bond donors (Lipinski definition) is 1. The molecule has 0 aromatic carbocycles. The zero-order valence-electron chi connectivity index (χ0n) is 11.6. The lowest BCUT2D eigenvalue weighted by Gasteiger charge is -2.13. The van der Waals surface area contributed by atoms with Crippen molar-refractivity contribution >= 4 is 15.9 Å². The molecule has 0 aliphatic rings. The van der Waals surface area contributed by atoms with Crippen LogP contribution in [0, 0.1) is 19.8 Å². The number of halogens is 1. The molecule has 5 heteroatoms. The van der Waals surface area contributed by atoms with E-state index in [-0.39, 0.29) is 5.69 Å². The summed E-state index contributed by atoms with van der Waals surface area (Å²) in [5.41, 5.74) is 1.53. The molecular formula is C13H22BrN3O. The molecular weight excluding hydrogens is 294 g/mol. The molecule has 0 radical (unpaired) electrons. The minimum absolute atomic E-state index is 0.168. The van der Waals surface area contributed by atoms with Crippen LogP contribution in [0.15, 0.2) is 9.27 Å². The normalized spacial score (nSPS) is 11.2. The Morgan fingerprint density at radius 3 is 2.61 bits per heavy atom. The van der Waals surface area contributed by atoms with E-state index in [0.717, 1.165) is 35.4 Å². The van der Waals surface area contributed by atoms with Gasteiger partial charge in [0.1, 0.15) is 0 Å². The zero-order chi connectivity index (χ0) is 13.7. The quantitative estimate of drug-likeness (QED) is 0.819. The molecule has 0 fully saturated rings. The third kappa shape index (κ3) is 4.21. The van der Waals surface area contributed by atoms with Crippen LogP contribution in [-0.2, 0) is 6.54 Å². The van der Waals surface area contributed by atoms with Crippen molar-refractivity contribution in [3.05, 3.63) is 26.3 Å². The van der Waals surface area contributed by atoms with Crippen molar-refractivity contribution < 1.29 is 0 Å². The summed E-state index contributed by atoms with van der Waals surface area (Å²) in [7, 11) is 0. The van der Waals surface area contributed by atoms with Gasteiger partial charge in [0.05, 0.1) is 10.2 Å². The average molecular weight is 316 g/mol. The SMILES string of the molecule is Cc1nc(=O)n(CCNCCC(C)C)c(C)c1Br. The fourth-order valence-corrected chi connectivity index (χ4v) is 2.05. The van der Waals surface area contributed by atoms with E-state index in [0.29, 0.717) is 12.5 Å². The van der Waals surface area contributed by atoms with E-state index in [1.165, 1.54) is 0 Å². The van der Waals surface area contributed by atoms with E-state index in [9.17, 15) is 4.79 Å². The van der Waals surface area contributed by atoms with Gasteiger partial charge in [0, 0.05) is 18.8 Å². The highest BCUT2D eigenvalue weighted by Crippen LogP contribution is 2.16. The Labute approximate surface area is 117 Å². The second-order valence-electron chi connectivity index (χ2n) is 4.96. The Kier molecular flexibility index (Phi) is 6.02. The van der Waals surface area contributed by atoms with Gasteiger partial charge in [-0.3, -0.25) is 4.57 Å². The summed E-state index contributed by atoms with van der Waals surface area (Å²) in [5.74, 6) is 0.706. The van der Waals surface area contributed by atoms with Crippen LogP contribution in [0.4, 0.5) is 0 Å². The highest BCUT2D eigenvalue weighted by Gasteiger charge is 2.08. The predicted octanol–water partition coefficient (Wildman–Crippen LogP) is 2.26. The van der Waals surface area contributed by atoms with E-state index in [4.69, 9.17) is 0 Å². The van der Waals surface area contributed by atoms with Gasteiger partial charge in [-0.25, -0.2) is 4.79 Å². The summed E-state index contributed by atoms with van der Waals surface area (Å²) in [6.07, 6.45) is 1.16. The maximum atomic E-state index is 11.8. The smallest absolute Gasteiger partial charge is 0.315 e. The minimum Gasteiger partial charge on any atom is -0.315 e. The monoisotopic (exact) mass is 315 g/mol. The van der Waals surface area contributed by atoms with E-state index >= 15 is 0 Å². The molecule has 0 bridgehead atoms. The molecule has 4 nitrogen and oxygen atoms in total. The number of aromatic nitrogens is 2. The van der Waals surface area contributed by atoms with Crippen LogP contribution in [-0.4, -0.2) is 22.6 Å². The Hall–Kier alpha value is -0.680. The van der Waals surface area contributed by atoms with Crippen LogP contribution in [0.3, 0.4) is 0 Å². The molecule has 0 aliphatic heterocycles. The maximum Gasteiger partial charge on any atom is 0.348 e. The van der Waals surface area contributed by atoms with Crippen molar-refractivity contribution in [2.45, 2.75) is 40.7 Å². The van der Waals surface area contributed by atoms with Crippen molar-refractivity contribution in [2.24, 2.45) is 5.92 Å². The van der Waals surface area contributed by atoms with Crippen molar-refractivity contribution in [3.63, 3.8) is 0 Å². The number of rotatable bonds is 6. The molecule has 0 aliphatic carbocycles. The summed E-state index contributed by atoms with van der Waals surface area (Å²) in [6, 6.07) is 0. The largest absolute Gasteiger partial charge is 0.348 e. The number of aryl methyl sites for hydroxylation is 1. The summed E-state index contributed by atoms with van der Waals surface area (Å²) >= 11 is 3.46. The predicted molar refractivity (Wildman–Crippen MR) is 78.0 cm³/mol. The second kappa shape index (κ2) is 7.04. The van der Waals surface area contributed by atoms with Gasteiger partial charge in [-0.1, -0.05) is 13.8 Å². The Bertz CT molecular complexity index is 454. The molecule has 18 heavy (non-hydrogen) atoms. The Morgan fingerprint density at radius 1 is 1.33 bits per heavy atom. The lowest BCUT2D eigenvalue weighted by molar-refractivity contribution is 0.509. The zero-order valence-corrected chi connectivity index (χ0v) is 13.2. The first-order valence-electron chi connectivity index (χ1n) is 6.37. The molecule has 0 atom stereocenters. The van der Waals surface area contributed by atoms with Crippen LogP contribution >= 0.6 is 15.9 Å². The van der Waals surface area contributed by atoms with E-state index in [1.54, 1.807) is 4.57 Å². The second-order valence-corrected chi connectivity index (χ2v) is 5.76. The van der Waals surface area contributed by atoms with Gasteiger partial charge in [-0.05, 0) is 48.7 Å². The topological polar surface area (TPSA) is 46.9 Å². The van der Waals surface area contributed by atoms with Crippen LogP contribution < -0.4 is 11.0 Å². The van der Waals surface area contributed by atoms with Gasteiger partial charge >= 0.3 is 5.69 Å². The molecule has 1 N–H and O–H groups in total. The molecule has 102 valence electrons. The van der Waals surface area contributed by atoms with Crippen molar-refractivity contribution in [3.8, 4) is 0 Å². The Morgan fingerprint density at radius 2 is 2.00 bits per heavy atom. The van der Waals surface area contributed by atoms with Gasteiger partial charge in [-0.2, -0.15) is 4.98 Å². The van der Waals surface area contributed by atoms with Gasteiger partial charge in [0.25, 0.3) is 0 Å². The number of nitrogens with zero attached hydrogens (tertiary/aromatic N) is 2. The first-order chi connectivity index (χ1) is 8.43. The summed E-state index contributed by atoms with van der Waals surface area (Å²) in [6.45, 7) is 10.6. The number of hydrogen-bond acceptors (Lipinski definition) is 3. The molecule has 1 aromatic rings. The van der Waals surface area contributed by atoms with Crippen molar-refractivity contribution in [1.29, 1.82) is 0 Å². The Balaban J connectivity index is 2.58. The molecule has 1 rings (SSSR count). The fraction of sp³-hybridized carbons (Fsp3) is 0.692. The van der Waals surface area contributed by atoms with E-state index in [2.05, 4.69) is 40.1 Å². The van der Waals surface area contributed by atoms with E-state index in [1.807, 2.05) is 13.8 Å². The van der Waals surface area contributed by atoms with Crippen LogP contribution in [0.1, 0.15) is 31.7 Å². The van der Waals surface area contributed by atoms with Gasteiger partial charge < -0.3 is 5.32 Å². The summed E-state index contributed by atoms with van der Waals surface area (Å²) in [4.78, 5) is 15.8. The first kappa shape index (κ1) is 15.4. The first-order valence-corrected chi connectivity index (χ1v) is 7.17. The van der Waals surface area contributed by atoms with Crippen LogP contribution in [0.25, 0.3) is 0 Å². The van der Waals surface area contributed by atoms with E-state index < -0.39 is 0 Å². The summed E-state index contributed by atoms with van der Waals surface area (Å²) < 4.78 is 2.63. The molecule has 0 amide bonds. The third-order valence-electron chi connectivity index (χ3n) is 2.95. The lowest BCUT2D eigenvalue weighted by Crippen LogP contribution is -2.31. The highest BCUT2D eigenvalue weighted by atomic mass is 79.9. The maximum absolute atomic E-state index is 11.8. The molecule has 1 heterocycles. The standard InChI is InChI=1S/C13H22BrN3O/c1-9(2)5-6-15-7-8-17-11(4)12(14)10(3)16-13(17)18/h9,15H,5-8H2,1-4H3. The lowest BCUT2D eigenvalue weighted by atomic mass is 10.1. The molecule has 0 unspecified atom stereocenters. The third-order valence-corrected chi connectivity index (χ3v) is 4.09. The molecule has 1 aromatic heterocycles. The molecule has 0 saturated carbocycles. The molecule has 0 spiro atoms. The van der Waals surface area contributed by atoms with Crippen molar-refractivity contribution in [2.75, 3.05) is 13.1 Å². The molecule has 0 saturated heterocycles. The van der Waals surface area contributed by atoms with Gasteiger partial charge in [-0.15, -0.1) is 0 Å². The van der Waals surface area contributed by atoms with Gasteiger partial charge in [0.2, 0.25) is 0 Å². The minimum atomic E-state index is -0.168. The summed E-state index contributed by atoms with van der Waals surface area (Å²) in [5, 5.41) is 3.35. The average Bonchev–Trinajstić information content (AvgIpc) is 2.29. The highest BCUT2D eigenvalue weighted by molar-refractivity contribution is 9.10. The van der Waals surface area contributed by atoms with Crippen molar-refractivity contribution in [1.82, 2.24) is 14.9 Å². The van der Waals surface area contributed by atoms with Crippen LogP contribution in [0.5, 0.6) is 0 Å². The fourth-order valence-electron chi connectivity index (χ4n) is 1.75. The number of nitrogens with one attached hydrogen (secondary N) is 1. The van der Waals surface area contributed by atoms with Gasteiger partial charge in [0.15, 0.2) is 0 Å².